The Labute approximate surface area is 334 Å². The Kier molecular flexibility index (Phi) is 15.7. The minimum absolute atomic E-state index is 0. The maximum absolute atomic E-state index is 14.3. The van der Waals surface area contributed by atoms with Crippen LogP contribution >= 0.6 is 15.9 Å². The number of aldehydes is 1. The van der Waals surface area contributed by atoms with E-state index in [-0.39, 0.29) is 12.6 Å². The third kappa shape index (κ3) is 13.2. The average molecular weight is 829 g/mol. The Hall–Kier alpha value is -6.74. The monoisotopic (exact) mass is 828 g/mol. The van der Waals surface area contributed by atoms with Crippen LogP contribution in [0.2, 0.25) is 0 Å². The van der Waals surface area contributed by atoms with Crippen LogP contribution < -0.4 is 23.4 Å². The van der Waals surface area contributed by atoms with Gasteiger partial charge in [-0.2, -0.15) is 0 Å². The predicted molar refractivity (Wildman–Crippen MR) is 217 cm³/mol. The van der Waals surface area contributed by atoms with Crippen LogP contribution in [0.4, 0.5) is 23.2 Å². The Morgan fingerprint density at radius 3 is 1.33 bits per heavy atom. The molecule has 58 heavy (non-hydrogen) atoms. The van der Waals surface area contributed by atoms with E-state index in [0.29, 0.717) is 35.0 Å². The van der Waals surface area contributed by atoms with Crippen LogP contribution in [0.25, 0.3) is 0 Å². The van der Waals surface area contributed by atoms with E-state index >= 15 is 0 Å². The van der Waals surface area contributed by atoms with Gasteiger partial charge in [0.05, 0.1) is 0 Å². The maximum Gasteiger partial charge on any atom is 0.805 e. The van der Waals surface area contributed by atoms with Crippen LogP contribution in [0.5, 0.6) is 23.0 Å². The van der Waals surface area contributed by atoms with E-state index in [1.807, 2.05) is 18.2 Å². The molecule has 0 amide bonds. The molecule has 0 saturated heterocycles. The van der Waals surface area contributed by atoms with Crippen LogP contribution in [-0.2, 0) is 9.13 Å². The molecule has 0 fully saturated rings. The Bertz CT molecular complexity index is 2320. The molecule has 7 aromatic rings. The van der Waals surface area contributed by atoms with E-state index in [9.17, 15) is 31.5 Å². The molecule has 296 valence electrons. The van der Waals surface area contributed by atoms with Gasteiger partial charge < -0.3 is 14.4 Å². The molecule has 0 radical (unpaired) electrons. The highest BCUT2D eigenvalue weighted by atomic mass is 31.2. The molecule has 0 aromatic heterocycles. The number of rotatable bonds is 13. The standard InChI is InChI=1S/C25H20F2NO3P.C12H10O3P.C7H4F2O.H2/c26-23-17-16-19(18-24(23)27)25(28-20-10-4-1-5-11-20)32(29,30-21-12-6-2-7-13-21)31-22-14-8-3-9-15-22;13-16(14-11-7-3-1-4-8-11)15-12-9-5-2-6-10-12;8-6-2-1-5(4-10)3-7(6)9;/h1-18,25,28H;1-10H;1-4H;1H/q;+1;;. The van der Waals surface area contributed by atoms with Crippen molar-refractivity contribution < 1.29 is 51.0 Å². The van der Waals surface area contributed by atoms with Gasteiger partial charge in [-0.25, -0.2) is 31.2 Å². The SMILES string of the molecule is O=Cc1ccc(F)c(F)c1.O=P(Oc1ccccc1)(Oc1ccccc1)C(Nc1ccccc1)c1ccc(F)c(F)c1.O=[P+](Oc1ccccc1)Oc1ccccc1.[HH]. The average Bonchev–Trinajstić information content (AvgIpc) is 3.24. The van der Waals surface area contributed by atoms with Crippen LogP contribution in [0.3, 0.4) is 0 Å². The summed E-state index contributed by atoms with van der Waals surface area (Å²) in [5.74, 6) is -3.46. The largest absolute Gasteiger partial charge is 0.805 e. The first-order valence-corrected chi connectivity index (χ1v) is 20.0. The quantitative estimate of drug-likeness (QED) is 0.0697. The summed E-state index contributed by atoms with van der Waals surface area (Å²) in [6.07, 6.45) is 0.461. The van der Waals surface area contributed by atoms with Crippen LogP contribution in [0.1, 0.15) is 23.1 Å². The highest BCUT2D eigenvalue weighted by Gasteiger charge is 2.41. The lowest BCUT2D eigenvalue weighted by atomic mass is 10.2. The van der Waals surface area contributed by atoms with Crippen molar-refractivity contribution in [2.45, 2.75) is 5.78 Å². The molecule has 1 atom stereocenters. The third-order valence-electron chi connectivity index (χ3n) is 7.53. The number of benzene rings is 7. The van der Waals surface area contributed by atoms with Crippen molar-refractivity contribution in [3.8, 4) is 23.0 Å². The van der Waals surface area contributed by atoms with Crippen LogP contribution in [0, 0.1) is 23.3 Å². The highest BCUT2D eigenvalue weighted by Crippen LogP contribution is 2.60. The summed E-state index contributed by atoms with van der Waals surface area (Å²) in [6.45, 7) is 0. The van der Waals surface area contributed by atoms with E-state index in [1.165, 1.54) is 12.1 Å². The fourth-order valence-corrected chi connectivity index (χ4v) is 7.38. The molecule has 1 unspecified atom stereocenters. The molecule has 7 aromatic carbocycles. The van der Waals surface area contributed by atoms with Crippen molar-refractivity contribution in [1.82, 2.24) is 0 Å². The molecule has 7 rings (SSSR count). The summed E-state index contributed by atoms with van der Waals surface area (Å²) >= 11 is 0. The zero-order valence-electron chi connectivity index (χ0n) is 30.3. The fourth-order valence-electron chi connectivity index (χ4n) is 4.84. The number of carbonyl (C=O) groups is 1. The van der Waals surface area contributed by atoms with Gasteiger partial charge in [-0.15, -0.1) is 0 Å². The van der Waals surface area contributed by atoms with Gasteiger partial charge in [-0.3, -0.25) is 4.79 Å². The van der Waals surface area contributed by atoms with E-state index in [1.54, 1.807) is 133 Å². The molecule has 14 heteroatoms. The molecule has 0 spiro atoms. The Morgan fingerprint density at radius 2 is 0.914 bits per heavy atom. The molecule has 0 aliphatic carbocycles. The van der Waals surface area contributed by atoms with Gasteiger partial charge in [0.25, 0.3) is 0 Å². The second kappa shape index (κ2) is 21.5. The van der Waals surface area contributed by atoms with Gasteiger partial charge in [0.1, 0.15) is 17.8 Å². The zero-order valence-corrected chi connectivity index (χ0v) is 32.1. The normalized spacial score (nSPS) is 10.9. The number of carbonyl (C=O) groups excluding carboxylic acids is 1. The van der Waals surface area contributed by atoms with Gasteiger partial charge in [-0.05, 0) is 96.6 Å². The molecule has 8 nitrogen and oxygen atoms in total. The van der Waals surface area contributed by atoms with Gasteiger partial charge in [-0.1, -0.05) is 97.1 Å². The number of nitrogens with one attached hydrogen (secondary N) is 1. The highest BCUT2D eigenvalue weighted by molar-refractivity contribution is 7.55. The molecule has 0 bridgehead atoms. The van der Waals surface area contributed by atoms with E-state index in [0.717, 1.165) is 24.3 Å². The van der Waals surface area contributed by atoms with Gasteiger partial charge in [0.15, 0.2) is 40.6 Å². The summed E-state index contributed by atoms with van der Waals surface area (Å²) in [6, 6.07) is 50.2. The molecule has 0 saturated carbocycles. The summed E-state index contributed by atoms with van der Waals surface area (Å²) in [7, 11) is -6.28. The van der Waals surface area contributed by atoms with Crippen molar-refractivity contribution >= 4 is 27.8 Å². The lowest BCUT2D eigenvalue weighted by Crippen LogP contribution is -2.18. The van der Waals surface area contributed by atoms with Gasteiger partial charge in [0.2, 0.25) is 0 Å². The number of hydrogen-bond donors (Lipinski definition) is 1. The first kappa shape index (κ1) is 42.4. The summed E-state index contributed by atoms with van der Waals surface area (Å²) in [4.78, 5) is 9.98. The van der Waals surface area contributed by atoms with E-state index < -0.39 is 44.9 Å². The minimum atomic E-state index is -4.10. The Morgan fingerprint density at radius 1 is 0.517 bits per heavy atom. The third-order valence-corrected chi connectivity index (χ3v) is 10.2. The summed E-state index contributed by atoms with van der Waals surface area (Å²) in [5, 5.41) is 3.12. The summed E-state index contributed by atoms with van der Waals surface area (Å²) in [5.41, 5.74) is 0.956. The number of halogens is 4. The number of para-hydroxylation sites is 5. The lowest BCUT2D eigenvalue weighted by Gasteiger charge is -2.29. The van der Waals surface area contributed by atoms with E-state index in [2.05, 4.69) is 5.32 Å². The predicted octanol–water partition coefficient (Wildman–Crippen LogP) is 13.3. The van der Waals surface area contributed by atoms with Crippen molar-refractivity contribution in [2.24, 2.45) is 0 Å². The fraction of sp³-hybridized carbons (Fsp3) is 0.0227. The number of anilines is 1. The second-order valence-corrected chi connectivity index (χ2v) is 14.5. The lowest BCUT2D eigenvalue weighted by molar-refractivity contribution is 0.112. The zero-order chi connectivity index (χ0) is 41.2. The van der Waals surface area contributed by atoms with Crippen LogP contribution in [0.15, 0.2) is 188 Å². The van der Waals surface area contributed by atoms with Gasteiger partial charge in [0, 0.05) is 17.2 Å². The first-order chi connectivity index (χ1) is 28.1. The molecule has 1 N–H and O–H groups in total. The molecular formula is C44H36F4NO7P2+. The molecule has 0 aliphatic heterocycles. The van der Waals surface area contributed by atoms with Crippen molar-refractivity contribution in [3.63, 3.8) is 0 Å². The van der Waals surface area contributed by atoms with E-state index in [4.69, 9.17) is 18.1 Å². The van der Waals surface area contributed by atoms with Crippen molar-refractivity contribution in [2.75, 3.05) is 5.32 Å². The minimum Gasteiger partial charge on any atom is -0.414 e. The Balaban J connectivity index is 0.000000235. The molecule has 0 aliphatic rings. The molecular weight excluding hydrogens is 792 g/mol. The smallest absolute Gasteiger partial charge is 0.414 e. The topological polar surface area (TPSA) is 100 Å². The second-order valence-electron chi connectivity index (χ2n) is 11.8. The maximum atomic E-state index is 14.3. The summed E-state index contributed by atoms with van der Waals surface area (Å²) < 4.78 is 100. The molecule has 0 heterocycles. The van der Waals surface area contributed by atoms with Crippen molar-refractivity contribution in [1.29, 1.82) is 0 Å². The number of hydrogen-bond acceptors (Lipinski definition) is 8. The van der Waals surface area contributed by atoms with Crippen LogP contribution in [-0.4, -0.2) is 6.29 Å². The van der Waals surface area contributed by atoms with Crippen molar-refractivity contribution in [3.05, 3.63) is 222 Å². The van der Waals surface area contributed by atoms with Gasteiger partial charge >= 0.3 is 15.9 Å². The first-order valence-electron chi connectivity index (χ1n) is 17.3.